The van der Waals surface area contributed by atoms with Crippen LogP contribution < -0.4 is 0 Å². The summed E-state index contributed by atoms with van der Waals surface area (Å²) in [5.74, 6) is 0. The van der Waals surface area contributed by atoms with E-state index in [-0.39, 0.29) is 17.0 Å². The quantitative estimate of drug-likeness (QED) is 0.305. The average molecular weight is 326 g/mol. The van der Waals surface area contributed by atoms with Crippen molar-refractivity contribution < 1.29 is 0 Å². The van der Waals surface area contributed by atoms with Crippen LogP contribution in [0, 0.1) is 0 Å². The Morgan fingerprint density at radius 1 is 0.588 bits per heavy atom. The van der Waals surface area contributed by atoms with E-state index in [0.29, 0.717) is 0 Å². The molecule has 0 aromatic carbocycles. The minimum Gasteiger partial charge on any atom is -0.134 e. The number of hydrogen-bond donors (Lipinski definition) is 0. The van der Waals surface area contributed by atoms with Gasteiger partial charge in [0, 0.05) is 0 Å². The molecule has 0 saturated heterocycles. The maximum absolute atomic E-state index is 2.46. The average Bonchev–Trinajstić information content (AvgIpc) is 2.19. The summed E-state index contributed by atoms with van der Waals surface area (Å²) >= 11 is 0. The van der Waals surface area contributed by atoms with Crippen molar-refractivity contribution in [3.05, 3.63) is 0 Å². The third kappa shape index (κ3) is 19.4. The zero-order valence-corrected chi connectivity index (χ0v) is 15.2. The van der Waals surface area contributed by atoms with Crippen LogP contribution in [0.3, 0.4) is 0 Å². The van der Waals surface area contributed by atoms with Gasteiger partial charge in [0.2, 0.25) is 0 Å². The Labute approximate surface area is 121 Å². The molecule has 2 heteroatoms. The topological polar surface area (TPSA) is 0 Å². The summed E-state index contributed by atoms with van der Waals surface area (Å²) in [5.41, 5.74) is 0. The number of rotatable bonds is 11. The normalized spacial score (nSPS) is 11.3. The van der Waals surface area contributed by atoms with Crippen LogP contribution >= 0.6 is 24.2 Å². The van der Waals surface area contributed by atoms with E-state index in [9.17, 15) is 0 Å². The molecular formula is C15H35BrP. The maximum atomic E-state index is 2.46. The van der Waals surface area contributed by atoms with Crippen LogP contribution in [0.25, 0.3) is 0 Å². The fraction of sp³-hybridized carbons (Fsp3) is 1.00. The largest absolute Gasteiger partial charge is 0.134 e. The van der Waals surface area contributed by atoms with Gasteiger partial charge in [-0.25, -0.2) is 0 Å². The van der Waals surface area contributed by atoms with Crippen molar-refractivity contribution in [3.8, 4) is 0 Å². The molecule has 0 aliphatic carbocycles. The second-order valence-electron chi connectivity index (χ2n) is 6.20. The molecule has 0 saturated carbocycles. The molecule has 1 radical (unpaired) electrons. The van der Waals surface area contributed by atoms with E-state index in [4.69, 9.17) is 0 Å². The first-order valence-corrected chi connectivity index (χ1v) is 10.7. The van der Waals surface area contributed by atoms with E-state index in [2.05, 4.69) is 26.9 Å². The molecule has 0 rings (SSSR count). The zero-order chi connectivity index (χ0) is 12.3. The van der Waals surface area contributed by atoms with Gasteiger partial charge >= 0.3 is 0 Å². The lowest BCUT2D eigenvalue weighted by Gasteiger charge is -2.20. The molecule has 0 aromatic heterocycles. The highest BCUT2D eigenvalue weighted by Gasteiger charge is 2.05. The van der Waals surface area contributed by atoms with Crippen molar-refractivity contribution in [2.45, 2.75) is 71.1 Å². The predicted molar refractivity (Wildman–Crippen MR) is 91.7 cm³/mol. The summed E-state index contributed by atoms with van der Waals surface area (Å²) in [6.07, 6.45) is 16.1. The fourth-order valence-electron chi connectivity index (χ4n) is 2.07. The van der Waals surface area contributed by atoms with Gasteiger partial charge in [-0.1, -0.05) is 64.7 Å². The Morgan fingerprint density at radius 3 is 1.29 bits per heavy atom. The summed E-state index contributed by atoms with van der Waals surface area (Å²) in [5, 5.41) is 0. The molecule has 0 N–H and O–H groups in total. The SMILES string of the molecule is Br.CCCCCCCCCCCC[P](C)(C)C. The van der Waals surface area contributed by atoms with Crippen LogP contribution in [-0.2, 0) is 0 Å². The summed E-state index contributed by atoms with van der Waals surface area (Å²) < 4.78 is 0. The summed E-state index contributed by atoms with van der Waals surface area (Å²) in [6, 6.07) is 0. The maximum Gasteiger partial charge on any atom is -0.0366 e. The summed E-state index contributed by atoms with van der Waals surface area (Å²) in [7, 11) is -0.490. The highest BCUT2D eigenvalue weighted by Crippen LogP contribution is 2.47. The van der Waals surface area contributed by atoms with Gasteiger partial charge < -0.3 is 0 Å². The molecule has 0 heterocycles. The van der Waals surface area contributed by atoms with E-state index >= 15 is 0 Å². The molecular weight excluding hydrogens is 291 g/mol. The van der Waals surface area contributed by atoms with Gasteiger partial charge in [0.15, 0.2) is 0 Å². The van der Waals surface area contributed by atoms with Crippen molar-refractivity contribution >= 4 is 24.2 Å². The third-order valence-corrected chi connectivity index (χ3v) is 4.84. The van der Waals surface area contributed by atoms with Crippen LogP contribution in [0.15, 0.2) is 0 Å². The van der Waals surface area contributed by atoms with E-state index < -0.39 is 7.26 Å². The minimum atomic E-state index is -0.490. The fourth-order valence-corrected chi connectivity index (χ4v) is 3.25. The van der Waals surface area contributed by atoms with Crippen molar-refractivity contribution in [1.29, 1.82) is 0 Å². The summed E-state index contributed by atoms with van der Waals surface area (Å²) in [6.45, 7) is 9.67. The van der Waals surface area contributed by atoms with Gasteiger partial charge in [-0.05, 0) is 32.6 Å². The molecule has 0 bridgehead atoms. The molecule has 0 spiro atoms. The lowest BCUT2D eigenvalue weighted by atomic mass is 10.1. The minimum absolute atomic E-state index is 0. The lowest BCUT2D eigenvalue weighted by Crippen LogP contribution is -1.92. The van der Waals surface area contributed by atoms with Crippen molar-refractivity contribution in [2.24, 2.45) is 0 Å². The van der Waals surface area contributed by atoms with Gasteiger partial charge in [-0.3, -0.25) is 0 Å². The smallest absolute Gasteiger partial charge is 0.0366 e. The molecule has 0 aliphatic rings. The van der Waals surface area contributed by atoms with Crippen molar-refractivity contribution in [2.75, 3.05) is 26.2 Å². The number of halogens is 1. The second-order valence-corrected chi connectivity index (χ2v) is 11.2. The molecule has 107 valence electrons. The highest BCUT2D eigenvalue weighted by atomic mass is 79.9. The Kier molecular flexibility index (Phi) is 15.9. The van der Waals surface area contributed by atoms with Crippen LogP contribution in [0.1, 0.15) is 71.1 Å². The van der Waals surface area contributed by atoms with Crippen molar-refractivity contribution in [1.82, 2.24) is 0 Å². The number of hydrogen-bond acceptors (Lipinski definition) is 0. The first-order valence-electron chi connectivity index (χ1n) is 7.36. The van der Waals surface area contributed by atoms with Gasteiger partial charge in [-0.2, -0.15) is 0 Å². The molecule has 0 nitrogen and oxygen atoms in total. The molecule has 0 unspecified atom stereocenters. The number of unbranched alkanes of at least 4 members (excludes halogenated alkanes) is 9. The summed E-state index contributed by atoms with van der Waals surface area (Å²) in [4.78, 5) is 0. The van der Waals surface area contributed by atoms with E-state index in [1.807, 2.05) is 0 Å². The Bertz CT molecular complexity index is 140. The lowest BCUT2D eigenvalue weighted by molar-refractivity contribution is 0.562. The molecule has 0 aromatic rings. The highest BCUT2D eigenvalue weighted by molar-refractivity contribution is 8.93. The third-order valence-electron chi connectivity index (χ3n) is 3.18. The van der Waals surface area contributed by atoms with Crippen LogP contribution in [-0.4, -0.2) is 26.2 Å². The Balaban J connectivity index is 0. The molecule has 0 amide bonds. The molecule has 17 heavy (non-hydrogen) atoms. The molecule has 0 atom stereocenters. The van der Waals surface area contributed by atoms with Gasteiger partial charge in [-0.15, -0.1) is 24.2 Å². The van der Waals surface area contributed by atoms with Crippen LogP contribution in [0.5, 0.6) is 0 Å². The Hall–Kier alpha value is 0.910. The van der Waals surface area contributed by atoms with E-state index in [1.54, 1.807) is 0 Å². The first kappa shape index (κ1) is 20.2. The zero-order valence-electron chi connectivity index (χ0n) is 12.6. The van der Waals surface area contributed by atoms with Gasteiger partial charge in [0.1, 0.15) is 0 Å². The van der Waals surface area contributed by atoms with Crippen molar-refractivity contribution in [3.63, 3.8) is 0 Å². The standard InChI is InChI=1S/C15H34P.BrH/c1-5-6-7-8-9-10-11-12-13-14-15-16(2,3)4;/h5-15H2,1-4H3;1H. The van der Waals surface area contributed by atoms with E-state index in [0.717, 1.165) is 0 Å². The van der Waals surface area contributed by atoms with Gasteiger partial charge in [0.05, 0.1) is 0 Å². The predicted octanol–water partition coefficient (Wildman–Crippen LogP) is 6.39. The van der Waals surface area contributed by atoms with E-state index in [1.165, 1.54) is 70.4 Å². The Morgan fingerprint density at radius 2 is 0.941 bits per heavy atom. The van der Waals surface area contributed by atoms with Crippen LogP contribution in [0.4, 0.5) is 0 Å². The molecule has 0 aliphatic heterocycles. The van der Waals surface area contributed by atoms with Gasteiger partial charge in [0.25, 0.3) is 0 Å². The first-order chi connectivity index (χ1) is 7.56. The molecule has 0 fully saturated rings. The second kappa shape index (κ2) is 13.3. The van der Waals surface area contributed by atoms with Crippen LogP contribution in [0.2, 0.25) is 0 Å². The monoisotopic (exact) mass is 325 g/mol.